The first-order valence-corrected chi connectivity index (χ1v) is 10.4. The Bertz CT molecular complexity index is 335. The van der Waals surface area contributed by atoms with Crippen molar-refractivity contribution >= 4 is 11.9 Å². The SMILES string of the molecule is CCCCCOC(=O)CCCCCC(=O)OCC(CCCC)CCOC. The average molecular weight is 373 g/mol. The van der Waals surface area contributed by atoms with Crippen molar-refractivity contribution in [3.05, 3.63) is 0 Å². The summed E-state index contributed by atoms with van der Waals surface area (Å²) in [5.41, 5.74) is 0. The van der Waals surface area contributed by atoms with E-state index in [-0.39, 0.29) is 11.9 Å². The van der Waals surface area contributed by atoms with Crippen LogP contribution in [0.2, 0.25) is 0 Å². The second-order valence-corrected chi connectivity index (χ2v) is 6.96. The van der Waals surface area contributed by atoms with Crippen LogP contribution in [-0.2, 0) is 23.8 Å². The Morgan fingerprint density at radius 2 is 1.38 bits per heavy atom. The van der Waals surface area contributed by atoms with Crippen LogP contribution in [0.3, 0.4) is 0 Å². The molecule has 0 aromatic rings. The van der Waals surface area contributed by atoms with E-state index in [2.05, 4.69) is 13.8 Å². The summed E-state index contributed by atoms with van der Waals surface area (Å²) in [7, 11) is 1.70. The Kier molecular flexibility index (Phi) is 17.9. The number of hydrogen-bond acceptors (Lipinski definition) is 5. The van der Waals surface area contributed by atoms with Gasteiger partial charge < -0.3 is 14.2 Å². The van der Waals surface area contributed by atoms with Crippen LogP contribution in [0.5, 0.6) is 0 Å². The molecule has 0 fully saturated rings. The number of esters is 2. The van der Waals surface area contributed by atoms with Crippen molar-refractivity contribution in [2.24, 2.45) is 5.92 Å². The van der Waals surface area contributed by atoms with E-state index < -0.39 is 0 Å². The van der Waals surface area contributed by atoms with Crippen molar-refractivity contribution in [2.75, 3.05) is 26.9 Å². The van der Waals surface area contributed by atoms with Gasteiger partial charge in [0, 0.05) is 26.6 Å². The van der Waals surface area contributed by atoms with Crippen LogP contribution in [0.4, 0.5) is 0 Å². The van der Waals surface area contributed by atoms with Crippen molar-refractivity contribution in [3.8, 4) is 0 Å². The molecule has 0 rings (SSSR count). The minimum absolute atomic E-state index is 0.124. The Morgan fingerprint density at radius 3 is 2.00 bits per heavy atom. The molecule has 0 radical (unpaired) electrons. The van der Waals surface area contributed by atoms with Crippen LogP contribution in [0.25, 0.3) is 0 Å². The lowest BCUT2D eigenvalue weighted by atomic mass is 10.00. The van der Waals surface area contributed by atoms with Gasteiger partial charge in [0.15, 0.2) is 0 Å². The fourth-order valence-corrected chi connectivity index (χ4v) is 2.70. The highest BCUT2D eigenvalue weighted by Crippen LogP contribution is 2.14. The summed E-state index contributed by atoms with van der Waals surface area (Å²) in [6.45, 7) is 6.02. The monoisotopic (exact) mass is 372 g/mol. The molecular formula is C21H40O5. The minimum Gasteiger partial charge on any atom is -0.466 e. The summed E-state index contributed by atoms with van der Waals surface area (Å²) in [4.78, 5) is 23.4. The van der Waals surface area contributed by atoms with Gasteiger partial charge in [0.05, 0.1) is 13.2 Å². The molecule has 0 saturated carbocycles. The van der Waals surface area contributed by atoms with Gasteiger partial charge in [-0.05, 0) is 38.0 Å². The highest BCUT2D eigenvalue weighted by molar-refractivity contribution is 5.69. The van der Waals surface area contributed by atoms with Crippen molar-refractivity contribution < 1.29 is 23.8 Å². The second-order valence-electron chi connectivity index (χ2n) is 6.96. The number of hydrogen-bond donors (Lipinski definition) is 0. The standard InChI is InChI=1S/C21H40O5/c1-4-6-11-16-25-20(22)13-9-8-10-14-21(23)26-18-19(12-7-5-2)15-17-24-3/h19H,4-18H2,1-3H3. The van der Waals surface area contributed by atoms with E-state index >= 15 is 0 Å². The third-order valence-electron chi connectivity index (χ3n) is 4.45. The molecule has 0 bridgehead atoms. The van der Waals surface area contributed by atoms with Crippen molar-refractivity contribution in [3.63, 3.8) is 0 Å². The van der Waals surface area contributed by atoms with Crippen LogP contribution < -0.4 is 0 Å². The molecule has 0 aliphatic heterocycles. The fourth-order valence-electron chi connectivity index (χ4n) is 2.70. The topological polar surface area (TPSA) is 61.8 Å². The molecule has 1 atom stereocenters. The van der Waals surface area contributed by atoms with E-state index in [1.165, 1.54) is 0 Å². The van der Waals surface area contributed by atoms with E-state index in [0.29, 0.717) is 38.6 Å². The Morgan fingerprint density at radius 1 is 0.731 bits per heavy atom. The Hall–Kier alpha value is -1.10. The molecule has 0 aromatic heterocycles. The molecular weight excluding hydrogens is 332 g/mol. The van der Waals surface area contributed by atoms with E-state index in [4.69, 9.17) is 14.2 Å². The zero-order chi connectivity index (χ0) is 19.5. The van der Waals surface area contributed by atoms with Gasteiger partial charge in [-0.1, -0.05) is 46.0 Å². The molecule has 0 saturated heterocycles. The molecule has 154 valence electrons. The molecule has 0 aliphatic carbocycles. The second kappa shape index (κ2) is 18.7. The normalized spacial score (nSPS) is 12.0. The minimum atomic E-state index is -0.133. The Balaban J connectivity index is 3.66. The number of carbonyl (C=O) groups excluding carboxylic acids is 2. The van der Waals surface area contributed by atoms with E-state index in [0.717, 1.165) is 64.2 Å². The van der Waals surface area contributed by atoms with Gasteiger partial charge in [0.25, 0.3) is 0 Å². The summed E-state index contributed by atoms with van der Waals surface area (Å²) in [6, 6.07) is 0. The van der Waals surface area contributed by atoms with Crippen molar-refractivity contribution in [1.29, 1.82) is 0 Å². The number of rotatable bonds is 18. The zero-order valence-electron chi connectivity index (χ0n) is 17.2. The summed E-state index contributed by atoms with van der Waals surface area (Å²) in [6.07, 6.45) is 10.7. The molecule has 0 spiro atoms. The molecule has 5 heteroatoms. The van der Waals surface area contributed by atoms with Crippen LogP contribution >= 0.6 is 0 Å². The lowest BCUT2D eigenvalue weighted by Crippen LogP contribution is -2.16. The predicted molar refractivity (Wildman–Crippen MR) is 104 cm³/mol. The third-order valence-corrected chi connectivity index (χ3v) is 4.45. The zero-order valence-corrected chi connectivity index (χ0v) is 17.2. The van der Waals surface area contributed by atoms with Gasteiger partial charge in [0.2, 0.25) is 0 Å². The lowest BCUT2D eigenvalue weighted by Gasteiger charge is -2.16. The molecule has 0 aliphatic rings. The quantitative estimate of drug-likeness (QED) is 0.249. The maximum Gasteiger partial charge on any atom is 0.305 e. The van der Waals surface area contributed by atoms with Gasteiger partial charge in [-0.15, -0.1) is 0 Å². The Labute approximate surface area is 160 Å². The van der Waals surface area contributed by atoms with Crippen LogP contribution in [0, 0.1) is 5.92 Å². The summed E-state index contributed by atoms with van der Waals surface area (Å²) >= 11 is 0. The summed E-state index contributed by atoms with van der Waals surface area (Å²) in [5, 5.41) is 0. The summed E-state index contributed by atoms with van der Waals surface area (Å²) in [5.74, 6) is 0.132. The first-order chi connectivity index (χ1) is 12.6. The molecule has 0 N–H and O–H groups in total. The number of unbranched alkanes of at least 4 members (excludes halogenated alkanes) is 5. The van der Waals surface area contributed by atoms with Gasteiger partial charge in [-0.25, -0.2) is 0 Å². The molecule has 26 heavy (non-hydrogen) atoms. The van der Waals surface area contributed by atoms with Crippen LogP contribution in [0.15, 0.2) is 0 Å². The molecule has 0 amide bonds. The maximum absolute atomic E-state index is 11.8. The molecule has 0 aromatic carbocycles. The third kappa shape index (κ3) is 16.4. The van der Waals surface area contributed by atoms with Gasteiger partial charge in [-0.2, -0.15) is 0 Å². The average Bonchev–Trinajstić information content (AvgIpc) is 2.64. The van der Waals surface area contributed by atoms with E-state index in [9.17, 15) is 9.59 Å². The lowest BCUT2D eigenvalue weighted by molar-refractivity contribution is -0.145. The van der Waals surface area contributed by atoms with E-state index in [1.807, 2.05) is 0 Å². The maximum atomic E-state index is 11.8. The van der Waals surface area contributed by atoms with Crippen LogP contribution in [-0.4, -0.2) is 38.9 Å². The highest BCUT2D eigenvalue weighted by Gasteiger charge is 2.12. The molecule has 5 nitrogen and oxygen atoms in total. The first-order valence-electron chi connectivity index (χ1n) is 10.4. The van der Waals surface area contributed by atoms with E-state index in [1.54, 1.807) is 7.11 Å². The van der Waals surface area contributed by atoms with Gasteiger partial charge >= 0.3 is 11.9 Å². The number of carbonyl (C=O) groups is 2. The smallest absolute Gasteiger partial charge is 0.305 e. The van der Waals surface area contributed by atoms with Crippen molar-refractivity contribution in [1.82, 2.24) is 0 Å². The van der Waals surface area contributed by atoms with Gasteiger partial charge in [0.1, 0.15) is 0 Å². The predicted octanol–water partition coefficient (Wildman–Crippen LogP) is 5.06. The molecule has 1 unspecified atom stereocenters. The summed E-state index contributed by atoms with van der Waals surface area (Å²) < 4.78 is 15.7. The highest BCUT2D eigenvalue weighted by atomic mass is 16.5. The number of methoxy groups -OCH3 is 1. The largest absolute Gasteiger partial charge is 0.466 e. The molecule has 0 heterocycles. The first kappa shape index (κ1) is 24.9. The fraction of sp³-hybridized carbons (Fsp3) is 0.905. The number of ether oxygens (including phenoxy) is 3. The van der Waals surface area contributed by atoms with Crippen LogP contribution in [0.1, 0.15) is 90.9 Å². The van der Waals surface area contributed by atoms with Crippen molar-refractivity contribution in [2.45, 2.75) is 90.9 Å². The van der Waals surface area contributed by atoms with Gasteiger partial charge in [-0.3, -0.25) is 9.59 Å².